The van der Waals surface area contributed by atoms with E-state index in [-0.39, 0.29) is 11.8 Å². The van der Waals surface area contributed by atoms with Gasteiger partial charge in [0, 0.05) is 42.9 Å². The normalized spacial score (nSPS) is 10.4. The molecular weight excluding hydrogens is 352 g/mol. The van der Waals surface area contributed by atoms with Gasteiger partial charge < -0.3 is 14.8 Å². The Morgan fingerprint density at radius 1 is 1.14 bits per heavy atom. The predicted octanol–water partition coefficient (Wildman–Crippen LogP) is 3.64. The molecule has 6 heteroatoms. The predicted molar refractivity (Wildman–Crippen MR) is 111 cm³/mol. The second-order valence-electron chi connectivity index (χ2n) is 6.40. The molecule has 0 unspecified atom stereocenters. The highest BCUT2D eigenvalue weighted by Crippen LogP contribution is 2.17. The van der Waals surface area contributed by atoms with E-state index in [0.29, 0.717) is 11.3 Å². The molecule has 0 bridgehead atoms. The second-order valence-corrected chi connectivity index (χ2v) is 6.40. The summed E-state index contributed by atoms with van der Waals surface area (Å²) in [5, 5.41) is 2.88. The van der Waals surface area contributed by atoms with E-state index in [1.165, 1.54) is 11.0 Å². The zero-order valence-corrected chi connectivity index (χ0v) is 15.9. The highest BCUT2D eigenvalue weighted by Gasteiger charge is 2.10. The van der Waals surface area contributed by atoms with E-state index < -0.39 is 0 Å². The van der Waals surface area contributed by atoms with Gasteiger partial charge in [-0.1, -0.05) is 18.7 Å². The molecule has 2 amide bonds. The fraction of sp³-hybridized carbons (Fsp3) is 0.136. The minimum atomic E-state index is -0.206. The number of anilines is 2. The Hall–Kier alpha value is -3.67. The van der Waals surface area contributed by atoms with Crippen molar-refractivity contribution in [3.63, 3.8) is 0 Å². The maximum absolute atomic E-state index is 12.5. The van der Waals surface area contributed by atoms with Gasteiger partial charge in [0.05, 0.1) is 0 Å². The quantitative estimate of drug-likeness (QED) is 0.670. The van der Waals surface area contributed by atoms with Crippen LogP contribution < -0.4 is 10.2 Å². The van der Waals surface area contributed by atoms with E-state index in [4.69, 9.17) is 0 Å². The summed E-state index contributed by atoms with van der Waals surface area (Å²) in [5.41, 5.74) is 3.06. The Bertz CT molecular complexity index is 988. The van der Waals surface area contributed by atoms with Gasteiger partial charge in [0.1, 0.15) is 5.82 Å². The van der Waals surface area contributed by atoms with Gasteiger partial charge in [0.2, 0.25) is 5.91 Å². The highest BCUT2D eigenvalue weighted by molar-refractivity contribution is 6.05. The maximum atomic E-state index is 12.5. The van der Waals surface area contributed by atoms with E-state index in [9.17, 15) is 9.59 Å². The smallest absolute Gasteiger partial charge is 0.255 e. The lowest BCUT2D eigenvalue weighted by molar-refractivity contribution is -0.113. The average Bonchev–Trinajstić information content (AvgIpc) is 3.12. The number of aryl methyl sites for hydroxylation is 1. The number of rotatable bonds is 6. The van der Waals surface area contributed by atoms with Crippen molar-refractivity contribution in [2.45, 2.75) is 13.5 Å². The summed E-state index contributed by atoms with van der Waals surface area (Å²) in [4.78, 5) is 29.8. The van der Waals surface area contributed by atoms with E-state index in [0.717, 1.165) is 23.6 Å². The Kier molecular flexibility index (Phi) is 5.69. The summed E-state index contributed by atoms with van der Waals surface area (Å²) in [6.07, 6.45) is 4.97. The zero-order chi connectivity index (χ0) is 20.1. The molecule has 0 saturated carbocycles. The lowest BCUT2D eigenvalue weighted by Crippen LogP contribution is -2.23. The average molecular weight is 374 g/mol. The van der Waals surface area contributed by atoms with Gasteiger partial charge in [-0.25, -0.2) is 4.98 Å². The van der Waals surface area contributed by atoms with Gasteiger partial charge in [-0.2, -0.15) is 0 Å². The van der Waals surface area contributed by atoms with Crippen LogP contribution in [0.4, 0.5) is 11.4 Å². The van der Waals surface area contributed by atoms with Crippen LogP contribution in [0, 0.1) is 6.92 Å². The molecule has 0 saturated heterocycles. The molecule has 0 aliphatic carbocycles. The molecule has 3 aromatic rings. The van der Waals surface area contributed by atoms with Gasteiger partial charge in [-0.3, -0.25) is 9.59 Å². The number of nitrogens with zero attached hydrogens (tertiary/aromatic N) is 3. The first-order valence-corrected chi connectivity index (χ1v) is 8.86. The van der Waals surface area contributed by atoms with Crippen molar-refractivity contribution in [3.05, 3.63) is 90.5 Å². The first kappa shape index (κ1) is 19.1. The van der Waals surface area contributed by atoms with Crippen molar-refractivity contribution in [2.24, 2.45) is 0 Å². The third kappa shape index (κ3) is 4.35. The summed E-state index contributed by atoms with van der Waals surface area (Å²) in [5.74, 6) is 0.548. The number of hydrogen-bond donors (Lipinski definition) is 1. The zero-order valence-electron chi connectivity index (χ0n) is 15.9. The molecule has 0 fully saturated rings. The molecule has 0 aliphatic heterocycles. The first-order valence-electron chi connectivity index (χ1n) is 8.86. The van der Waals surface area contributed by atoms with Gasteiger partial charge in [0.25, 0.3) is 5.91 Å². The third-order valence-electron chi connectivity index (χ3n) is 4.51. The van der Waals surface area contributed by atoms with Crippen LogP contribution in [0.3, 0.4) is 0 Å². The topological polar surface area (TPSA) is 67.2 Å². The fourth-order valence-electron chi connectivity index (χ4n) is 2.76. The largest absolute Gasteiger partial charge is 0.331 e. The molecule has 1 aromatic heterocycles. The molecule has 3 rings (SSSR count). The van der Waals surface area contributed by atoms with Gasteiger partial charge >= 0.3 is 0 Å². The number of nitrogens with one attached hydrogen (secondary N) is 1. The molecular formula is C22H22N4O2. The molecule has 1 heterocycles. The Morgan fingerprint density at radius 3 is 2.39 bits per heavy atom. The number of aromatic nitrogens is 2. The summed E-state index contributed by atoms with van der Waals surface area (Å²) in [6.45, 7) is 6.17. The van der Waals surface area contributed by atoms with Gasteiger partial charge in [-0.15, -0.1) is 0 Å². The van der Waals surface area contributed by atoms with Crippen LogP contribution in [-0.4, -0.2) is 28.4 Å². The van der Waals surface area contributed by atoms with Gasteiger partial charge in [0.15, 0.2) is 0 Å². The SMILES string of the molecule is C=CC(=O)N(C)c1ccc(C(=O)Nc2ccc(Cn3ccnc3C)cc2)cc1. The van der Waals surface area contributed by atoms with Crippen LogP contribution in [-0.2, 0) is 11.3 Å². The number of imidazole rings is 1. The number of benzene rings is 2. The summed E-state index contributed by atoms with van der Waals surface area (Å²) < 4.78 is 2.06. The Balaban J connectivity index is 1.63. The van der Waals surface area contributed by atoms with Crippen molar-refractivity contribution in [1.29, 1.82) is 0 Å². The van der Waals surface area contributed by atoms with Gasteiger partial charge in [-0.05, 0) is 55.0 Å². The molecule has 28 heavy (non-hydrogen) atoms. The Morgan fingerprint density at radius 2 is 1.82 bits per heavy atom. The molecule has 0 atom stereocenters. The molecule has 1 N–H and O–H groups in total. The van der Waals surface area contributed by atoms with Crippen molar-refractivity contribution in [1.82, 2.24) is 9.55 Å². The summed E-state index contributed by atoms with van der Waals surface area (Å²) in [6, 6.07) is 14.6. The molecule has 2 aromatic carbocycles. The third-order valence-corrected chi connectivity index (χ3v) is 4.51. The van der Waals surface area contributed by atoms with E-state index >= 15 is 0 Å². The van der Waals surface area contributed by atoms with Crippen LogP contribution in [0.2, 0.25) is 0 Å². The standard InChI is InChI=1S/C22H22N4O2/c1-4-21(27)25(3)20-11-7-18(8-12-20)22(28)24-19-9-5-17(6-10-19)15-26-14-13-23-16(26)2/h4-14H,1,15H2,2-3H3,(H,24,28). The van der Waals surface area contributed by atoms with Crippen LogP contribution in [0.5, 0.6) is 0 Å². The minimum Gasteiger partial charge on any atom is -0.331 e. The van der Waals surface area contributed by atoms with Crippen molar-refractivity contribution in [3.8, 4) is 0 Å². The first-order chi connectivity index (χ1) is 13.5. The van der Waals surface area contributed by atoms with E-state index in [1.807, 2.05) is 37.4 Å². The lowest BCUT2D eigenvalue weighted by atomic mass is 10.1. The van der Waals surface area contributed by atoms with Crippen molar-refractivity contribution in [2.75, 3.05) is 17.3 Å². The second kappa shape index (κ2) is 8.35. The van der Waals surface area contributed by atoms with Crippen molar-refractivity contribution >= 4 is 23.2 Å². The summed E-state index contributed by atoms with van der Waals surface area (Å²) in [7, 11) is 1.66. The van der Waals surface area contributed by atoms with Crippen LogP contribution in [0.25, 0.3) is 0 Å². The van der Waals surface area contributed by atoms with E-state index in [2.05, 4.69) is 21.4 Å². The highest BCUT2D eigenvalue weighted by atomic mass is 16.2. The Labute approximate surface area is 164 Å². The molecule has 6 nitrogen and oxygen atoms in total. The summed E-state index contributed by atoms with van der Waals surface area (Å²) >= 11 is 0. The molecule has 0 aliphatic rings. The van der Waals surface area contributed by atoms with Crippen molar-refractivity contribution < 1.29 is 9.59 Å². The number of hydrogen-bond acceptors (Lipinski definition) is 3. The lowest BCUT2D eigenvalue weighted by Gasteiger charge is -2.15. The molecule has 0 radical (unpaired) electrons. The maximum Gasteiger partial charge on any atom is 0.255 e. The number of likely N-dealkylation sites (N-methyl/N-ethyl adjacent to an activating group) is 1. The number of amides is 2. The minimum absolute atomic E-state index is 0.205. The van der Waals surface area contributed by atoms with E-state index in [1.54, 1.807) is 37.5 Å². The number of carbonyl (C=O) groups excluding carboxylic acids is 2. The monoisotopic (exact) mass is 374 g/mol. The fourth-order valence-corrected chi connectivity index (χ4v) is 2.76. The molecule has 0 spiro atoms. The van der Waals surface area contributed by atoms with Crippen LogP contribution in [0.1, 0.15) is 21.7 Å². The van der Waals surface area contributed by atoms with Crippen LogP contribution in [0.15, 0.2) is 73.6 Å². The number of carbonyl (C=O) groups is 2. The molecule has 142 valence electrons. The van der Waals surface area contributed by atoms with Crippen LogP contribution >= 0.6 is 0 Å².